The molecule has 4 aromatic carbocycles. The first-order chi connectivity index (χ1) is 15.3. The van der Waals surface area contributed by atoms with Crippen molar-refractivity contribution in [2.45, 2.75) is 20.8 Å². The fraction of sp³-hybridized carbons (Fsp3) is 0.111. The maximum Gasteiger partial charge on any atom is 0.127 e. The number of aryl methyl sites for hydroxylation is 3. The lowest BCUT2D eigenvalue weighted by molar-refractivity contribution is 0.460. The molecule has 0 spiro atoms. The molecule has 0 atom stereocenters. The third kappa shape index (κ3) is 4.32. The zero-order chi connectivity index (χ0) is 22.8. The summed E-state index contributed by atoms with van der Waals surface area (Å²) >= 11 is 0. The number of phenolic OH excluding ortho intramolecular Hbond substituents is 3. The highest BCUT2D eigenvalue weighted by atomic mass is 16.5. The monoisotopic (exact) mass is 427 g/mol. The predicted molar refractivity (Wildman–Crippen MR) is 127 cm³/mol. The fourth-order valence-corrected chi connectivity index (χ4v) is 3.68. The van der Waals surface area contributed by atoms with Gasteiger partial charge in [-0.1, -0.05) is 0 Å². The van der Waals surface area contributed by atoms with E-state index in [1.165, 1.54) is 0 Å². The van der Waals surface area contributed by atoms with Gasteiger partial charge in [0.25, 0.3) is 0 Å². The van der Waals surface area contributed by atoms with Crippen molar-refractivity contribution in [2.75, 3.05) is 4.90 Å². The van der Waals surface area contributed by atoms with Gasteiger partial charge in [0.2, 0.25) is 0 Å². The molecule has 0 aliphatic carbocycles. The Bertz CT molecular complexity index is 1210. The van der Waals surface area contributed by atoms with Crippen molar-refractivity contribution in [2.24, 2.45) is 0 Å². The first-order valence-electron chi connectivity index (χ1n) is 10.3. The summed E-state index contributed by atoms with van der Waals surface area (Å²) in [7, 11) is 0. The van der Waals surface area contributed by atoms with Crippen LogP contribution in [0.1, 0.15) is 16.7 Å². The Morgan fingerprint density at radius 3 is 1.59 bits per heavy atom. The molecule has 0 aliphatic heterocycles. The van der Waals surface area contributed by atoms with Crippen LogP contribution in [0.15, 0.2) is 78.9 Å². The zero-order valence-corrected chi connectivity index (χ0v) is 18.2. The normalized spacial score (nSPS) is 10.7. The first kappa shape index (κ1) is 21.1. The molecular formula is C27H25NO4. The quantitative estimate of drug-likeness (QED) is 0.320. The lowest BCUT2D eigenvalue weighted by Crippen LogP contribution is -2.12. The summed E-state index contributed by atoms with van der Waals surface area (Å²) in [6.07, 6.45) is 0. The van der Waals surface area contributed by atoms with Gasteiger partial charge >= 0.3 is 0 Å². The van der Waals surface area contributed by atoms with Crippen LogP contribution in [-0.2, 0) is 0 Å². The van der Waals surface area contributed by atoms with Gasteiger partial charge in [-0.25, -0.2) is 0 Å². The maximum atomic E-state index is 9.88. The van der Waals surface area contributed by atoms with Gasteiger partial charge in [0.05, 0.1) is 0 Å². The van der Waals surface area contributed by atoms with Gasteiger partial charge in [0.1, 0.15) is 28.7 Å². The second-order valence-corrected chi connectivity index (χ2v) is 7.82. The van der Waals surface area contributed by atoms with E-state index in [1.807, 2.05) is 57.2 Å². The molecule has 0 bridgehead atoms. The fourth-order valence-electron chi connectivity index (χ4n) is 3.68. The lowest BCUT2D eigenvalue weighted by atomic mass is 10.1. The zero-order valence-electron chi connectivity index (χ0n) is 18.2. The van der Waals surface area contributed by atoms with Crippen molar-refractivity contribution < 1.29 is 20.1 Å². The third-order valence-corrected chi connectivity index (χ3v) is 5.34. The van der Waals surface area contributed by atoms with Crippen LogP contribution >= 0.6 is 0 Å². The van der Waals surface area contributed by atoms with Gasteiger partial charge in [0.15, 0.2) is 0 Å². The van der Waals surface area contributed by atoms with Crippen LogP contribution in [0.4, 0.5) is 17.1 Å². The van der Waals surface area contributed by atoms with E-state index >= 15 is 0 Å². The number of aromatic hydroxyl groups is 3. The van der Waals surface area contributed by atoms with E-state index in [0.717, 1.165) is 33.8 Å². The van der Waals surface area contributed by atoms with Gasteiger partial charge in [-0.05, 0) is 116 Å². The molecule has 5 heteroatoms. The molecule has 4 aromatic rings. The van der Waals surface area contributed by atoms with E-state index in [2.05, 4.69) is 4.90 Å². The summed E-state index contributed by atoms with van der Waals surface area (Å²) < 4.78 is 5.94. The van der Waals surface area contributed by atoms with Gasteiger partial charge in [-0.3, -0.25) is 0 Å². The molecule has 0 saturated carbocycles. The third-order valence-electron chi connectivity index (χ3n) is 5.34. The Labute approximate surface area is 187 Å². The molecule has 0 aromatic heterocycles. The number of hydrogen-bond donors (Lipinski definition) is 3. The average molecular weight is 428 g/mol. The second kappa shape index (κ2) is 8.55. The molecule has 0 saturated heterocycles. The van der Waals surface area contributed by atoms with Crippen LogP contribution in [0.3, 0.4) is 0 Å². The summed E-state index contributed by atoms with van der Waals surface area (Å²) in [4.78, 5) is 2.08. The highest BCUT2D eigenvalue weighted by Gasteiger charge is 2.17. The number of phenols is 3. The summed E-state index contributed by atoms with van der Waals surface area (Å²) in [5.74, 6) is 1.97. The summed E-state index contributed by atoms with van der Waals surface area (Å²) in [5, 5.41) is 29.5. The first-order valence-corrected chi connectivity index (χ1v) is 10.3. The second-order valence-electron chi connectivity index (χ2n) is 7.82. The molecule has 0 aliphatic rings. The van der Waals surface area contributed by atoms with E-state index in [1.54, 1.807) is 42.5 Å². The van der Waals surface area contributed by atoms with Crippen LogP contribution in [0.25, 0.3) is 0 Å². The summed E-state index contributed by atoms with van der Waals surface area (Å²) in [5.41, 5.74) is 5.31. The minimum atomic E-state index is 0.210. The van der Waals surface area contributed by atoms with E-state index in [4.69, 9.17) is 4.74 Å². The van der Waals surface area contributed by atoms with E-state index in [-0.39, 0.29) is 17.2 Å². The lowest BCUT2D eigenvalue weighted by Gasteiger charge is -2.28. The number of hydrogen-bond acceptors (Lipinski definition) is 5. The molecule has 0 unspecified atom stereocenters. The highest BCUT2D eigenvalue weighted by Crippen LogP contribution is 2.40. The Balaban J connectivity index is 1.73. The topological polar surface area (TPSA) is 73.2 Å². The van der Waals surface area contributed by atoms with E-state index in [0.29, 0.717) is 11.5 Å². The molecule has 0 radical (unpaired) electrons. The van der Waals surface area contributed by atoms with Crippen molar-refractivity contribution >= 4 is 17.1 Å². The van der Waals surface area contributed by atoms with Crippen LogP contribution < -0.4 is 9.64 Å². The highest BCUT2D eigenvalue weighted by molar-refractivity contribution is 5.80. The SMILES string of the molecule is Cc1cc(Oc2ccc(N(c3ccc(O)cc3C)c3ccc(O)cc3C)cc2)ccc1O. The molecule has 3 N–H and O–H groups in total. The van der Waals surface area contributed by atoms with E-state index < -0.39 is 0 Å². The average Bonchev–Trinajstić information content (AvgIpc) is 2.75. The smallest absolute Gasteiger partial charge is 0.127 e. The number of ether oxygens (including phenoxy) is 1. The van der Waals surface area contributed by atoms with Crippen molar-refractivity contribution in [1.29, 1.82) is 0 Å². The molecular weight excluding hydrogens is 402 g/mol. The Hall–Kier alpha value is -4.12. The summed E-state index contributed by atoms with van der Waals surface area (Å²) in [6.45, 7) is 5.72. The van der Waals surface area contributed by atoms with Crippen molar-refractivity contribution in [3.05, 3.63) is 95.6 Å². The van der Waals surface area contributed by atoms with Gasteiger partial charge < -0.3 is 25.0 Å². The Morgan fingerprint density at radius 2 is 1.09 bits per heavy atom. The Kier molecular flexibility index (Phi) is 5.65. The summed E-state index contributed by atoms with van der Waals surface area (Å²) in [6, 6.07) is 23.3. The van der Waals surface area contributed by atoms with Crippen molar-refractivity contribution in [1.82, 2.24) is 0 Å². The largest absolute Gasteiger partial charge is 0.508 e. The number of rotatable bonds is 5. The standard InChI is InChI=1S/C27H25NO4/c1-17-14-21(29)6-11-25(17)28(26-12-7-22(30)15-18(26)2)20-4-8-23(9-5-20)32-24-10-13-27(31)19(3)16-24/h4-16,29-31H,1-3H3. The van der Waals surface area contributed by atoms with Crippen molar-refractivity contribution in [3.63, 3.8) is 0 Å². The van der Waals surface area contributed by atoms with Crippen LogP contribution in [0, 0.1) is 20.8 Å². The number of benzene rings is 4. The Morgan fingerprint density at radius 1 is 0.562 bits per heavy atom. The van der Waals surface area contributed by atoms with Gasteiger partial charge in [0, 0.05) is 17.1 Å². The van der Waals surface area contributed by atoms with Crippen LogP contribution in [-0.4, -0.2) is 15.3 Å². The minimum absolute atomic E-state index is 0.210. The van der Waals surface area contributed by atoms with Crippen molar-refractivity contribution in [3.8, 4) is 28.7 Å². The minimum Gasteiger partial charge on any atom is -0.508 e. The molecule has 0 fully saturated rings. The van der Waals surface area contributed by atoms with Gasteiger partial charge in [-0.2, -0.15) is 0 Å². The predicted octanol–water partition coefficient (Wildman–Crippen LogP) is 6.99. The number of anilines is 3. The molecule has 0 heterocycles. The molecule has 0 amide bonds. The molecule has 4 rings (SSSR count). The van der Waals surface area contributed by atoms with Gasteiger partial charge in [-0.15, -0.1) is 0 Å². The number of nitrogens with zero attached hydrogens (tertiary/aromatic N) is 1. The van der Waals surface area contributed by atoms with Crippen LogP contribution in [0.5, 0.6) is 28.7 Å². The molecule has 5 nitrogen and oxygen atoms in total. The molecule has 162 valence electrons. The maximum absolute atomic E-state index is 9.88. The van der Waals surface area contributed by atoms with Crippen LogP contribution in [0.2, 0.25) is 0 Å². The van der Waals surface area contributed by atoms with E-state index in [9.17, 15) is 15.3 Å². The molecule has 32 heavy (non-hydrogen) atoms.